The van der Waals surface area contributed by atoms with Crippen molar-refractivity contribution in [1.29, 1.82) is 0 Å². The zero-order valence-electron chi connectivity index (χ0n) is 13.4. The van der Waals surface area contributed by atoms with Gasteiger partial charge in [0.05, 0.1) is 18.1 Å². The van der Waals surface area contributed by atoms with Crippen LogP contribution in [0, 0.1) is 0 Å². The third kappa shape index (κ3) is 4.50. The average molecular weight is 382 g/mol. The van der Waals surface area contributed by atoms with E-state index in [1.807, 2.05) is 18.2 Å². The average Bonchev–Trinajstić information content (AvgIpc) is 2.63. The summed E-state index contributed by atoms with van der Waals surface area (Å²) in [5.41, 5.74) is 0.879. The van der Waals surface area contributed by atoms with E-state index in [0.29, 0.717) is 47.1 Å². The number of hydrogen-bond donors (Lipinski definition) is 1. The topological polar surface area (TPSA) is 56.8 Å². The molecule has 0 saturated heterocycles. The smallest absolute Gasteiger partial charge is 0.223 e. The van der Waals surface area contributed by atoms with Gasteiger partial charge >= 0.3 is 0 Å². The Hall–Kier alpha value is -2.11. The maximum Gasteiger partial charge on any atom is 0.223 e. The van der Waals surface area contributed by atoms with Gasteiger partial charge in [0.1, 0.15) is 24.0 Å². The Morgan fingerprint density at radius 2 is 1.92 bits per heavy atom. The molecule has 2 aromatic carbocycles. The monoisotopic (exact) mass is 381 g/mol. The van der Waals surface area contributed by atoms with Crippen LogP contribution >= 0.6 is 23.2 Å². The molecule has 0 aromatic heterocycles. The highest BCUT2D eigenvalue weighted by molar-refractivity contribution is 6.42. The van der Waals surface area contributed by atoms with E-state index in [0.717, 1.165) is 5.56 Å². The summed E-state index contributed by atoms with van der Waals surface area (Å²) in [6, 6.07) is 10.7. The minimum absolute atomic E-state index is 0.132. The number of nitrogens with one attached hydrogen (secondary N) is 1. The van der Waals surface area contributed by atoms with E-state index in [1.165, 1.54) is 0 Å². The summed E-state index contributed by atoms with van der Waals surface area (Å²) in [5, 5.41) is 3.61. The summed E-state index contributed by atoms with van der Waals surface area (Å²) in [4.78, 5) is 12.0. The van der Waals surface area contributed by atoms with Gasteiger partial charge < -0.3 is 19.5 Å². The van der Waals surface area contributed by atoms with Crippen molar-refractivity contribution in [3.63, 3.8) is 0 Å². The van der Waals surface area contributed by atoms with Crippen LogP contribution in [0.3, 0.4) is 0 Å². The van der Waals surface area contributed by atoms with E-state index in [-0.39, 0.29) is 18.9 Å². The molecular formula is C18H17Cl2NO4. The van der Waals surface area contributed by atoms with Gasteiger partial charge in [-0.3, -0.25) is 4.79 Å². The Balaban J connectivity index is 1.48. The van der Waals surface area contributed by atoms with Crippen molar-refractivity contribution in [2.75, 3.05) is 19.8 Å². The van der Waals surface area contributed by atoms with Crippen LogP contribution in [0.1, 0.15) is 12.0 Å². The fourth-order valence-corrected chi connectivity index (χ4v) is 2.75. The fraction of sp³-hybridized carbons (Fsp3) is 0.278. The largest absolute Gasteiger partial charge is 0.491 e. The van der Waals surface area contributed by atoms with Crippen molar-refractivity contribution in [3.8, 4) is 17.2 Å². The van der Waals surface area contributed by atoms with Gasteiger partial charge in [-0.15, -0.1) is 0 Å². The first-order valence-electron chi connectivity index (χ1n) is 7.86. The molecule has 1 amide bonds. The molecule has 0 atom stereocenters. The van der Waals surface area contributed by atoms with Crippen LogP contribution in [0.25, 0.3) is 0 Å². The molecule has 132 valence electrons. The predicted octanol–water partition coefficient (Wildman–Crippen LogP) is 3.85. The standard InChI is InChI=1S/C18H17Cl2NO4/c19-13-4-2-5-14(17(13)20)23-8-7-16(22)21-11-12-3-1-6-15-18(12)25-10-9-24-15/h1-6H,7-11H2,(H,21,22). The highest BCUT2D eigenvalue weighted by atomic mass is 35.5. The van der Waals surface area contributed by atoms with Crippen LogP contribution in [0.15, 0.2) is 36.4 Å². The molecule has 1 heterocycles. The molecule has 1 aliphatic rings. The number of halogens is 2. The van der Waals surface area contributed by atoms with Gasteiger partial charge in [-0.1, -0.05) is 41.4 Å². The van der Waals surface area contributed by atoms with E-state index in [1.54, 1.807) is 18.2 Å². The number of carbonyl (C=O) groups excluding carboxylic acids is 1. The second-order valence-electron chi connectivity index (χ2n) is 5.37. The molecule has 0 unspecified atom stereocenters. The summed E-state index contributed by atoms with van der Waals surface area (Å²) >= 11 is 12.0. The number of para-hydroxylation sites is 1. The van der Waals surface area contributed by atoms with Gasteiger partial charge in [0.25, 0.3) is 0 Å². The van der Waals surface area contributed by atoms with Crippen molar-refractivity contribution < 1.29 is 19.0 Å². The van der Waals surface area contributed by atoms with Crippen molar-refractivity contribution in [2.45, 2.75) is 13.0 Å². The second-order valence-corrected chi connectivity index (χ2v) is 6.15. The zero-order valence-corrected chi connectivity index (χ0v) is 14.9. The number of rotatable bonds is 6. The van der Waals surface area contributed by atoms with E-state index in [2.05, 4.69) is 5.32 Å². The quantitative estimate of drug-likeness (QED) is 0.825. The third-order valence-corrected chi connectivity index (χ3v) is 4.43. The Kier molecular flexibility index (Phi) is 5.89. The Morgan fingerprint density at radius 1 is 1.12 bits per heavy atom. The molecule has 3 rings (SSSR count). The maximum absolute atomic E-state index is 12.0. The Labute approximate surface area is 155 Å². The van der Waals surface area contributed by atoms with Crippen molar-refractivity contribution in [3.05, 3.63) is 52.0 Å². The van der Waals surface area contributed by atoms with E-state index >= 15 is 0 Å². The Morgan fingerprint density at radius 3 is 2.80 bits per heavy atom. The summed E-state index contributed by atoms with van der Waals surface area (Å²) in [5.74, 6) is 1.73. The highest BCUT2D eigenvalue weighted by Crippen LogP contribution is 2.33. The summed E-state index contributed by atoms with van der Waals surface area (Å²) in [6.07, 6.45) is 0.204. The summed E-state index contributed by atoms with van der Waals surface area (Å²) in [6.45, 7) is 1.61. The molecule has 0 bridgehead atoms. The number of fused-ring (bicyclic) bond motifs is 1. The van der Waals surface area contributed by atoms with Crippen LogP contribution < -0.4 is 19.5 Å². The zero-order chi connectivity index (χ0) is 17.6. The van der Waals surface area contributed by atoms with Crippen LogP contribution in [0.4, 0.5) is 0 Å². The van der Waals surface area contributed by atoms with Gasteiger partial charge in [-0.2, -0.15) is 0 Å². The molecular weight excluding hydrogens is 365 g/mol. The summed E-state index contributed by atoms with van der Waals surface area (Å²) < 4.78 is 16.7. The first-order valence-corrected chi connectivity index (χ1v) is 8.62. The number of benzene rings is 2. The molecule has 0 saturated carbocycles. The first-order chi connectivity index (χ1) is 12.1. The minimum Gasteiger partial charge on any atom is -0.491 e. The lowest BCUT2D eigenvalue weighted by molar-refractivity contribution is -0.121. The summed E-state index contributed by atoms with van der Waals surface area (Å²) in [7, 11) is 0. The van der Waals surface area contributed by atoms with Crippen LogP contribution in [-0.2, 0) is 11.3 Å². The van der Waals surface area contributed by atoms with E-state index in [4.69, 9.17) is 37.4 Å². The van der Waals surface area contributed by atoms with Crippen LogP contribution in [0.5, 0.6) is 17.2 Å². The third-order valence-electron chi connectivity index (χ3n) is 3.63. The molecule has 7 heteroatoms. The molecule has 0 fully saturated rings. The fourth-order valence-electron chi connectivity index (χ4n) is 2.40. The van der Waals surface area contributed by atoms with Gasteiger partial charge in [0, 0.05) is 12.1 Å². The minimum atomic E-state index is -0.132. The number of amides is 1. The maximum atomic E-state index is 12.0. The number of hydrogen-bond acceptors (Lipinski definition) is 4. The molecule has 0 aliphatic carbocycles. The molecule has 0 spiro atoms. The van der Waals surface area contributed by atoms with Crippen LogP contribution in [-0.4, -0.2) is 25.7 Å². The van der Waals surface area contributed by atoms with Gasteiger partial charge in [-0.05, 0) is 18.2 Å². The van der Waals surface area contributed by atoms with Crippen molar-refractivity contribution in [2.24, 2.45) is 0 Å². The lowest BCUT2D eigenvalue weighted by Gasteiger charge is -2.21. The first kappa shape index (κ1) is 17.7. The molecule has 0 radical (unpaired) electrons. The molecule has 25 heavy (non-hydrogen) atoms. The van der Waals surface area contributed by atoms with Gasteiger partial charge in [-0.25, -0.2) is 0 Å². The molecule has 1 N–H and O–H groups in total. The molecule has 5 nitrogen and oxygen atoms in total. The SMILES string of the molecule is O=C(CCOc1cccc(Cl)c1Cl)NCc1cccc2c1OCCO2. The second kappa shape index (κ2) is 8.32. The lowest BCUT2D eigenvalue weighted by atomic mass is 10.1. The van der Waals surface area contributed by atoms with E-state index < -0.39 is 0 Å². The number of carbonyl (C=O) groups is 1. The number of ether oxygens (including phenoxy) is 3. The van der Waals surface area contributed by atoms with E-state index in [9.17, 15) is 4.79 Å². The normalized spacial score (nSPS) is 12.6. The van der Waals surface area contributed by atoms with Crippen molar-refractivity contribution >= 4 is 29.1 Å². The lowest BCUT2D eigenvalue weighted by Crippen LogP contribution is -2.25. The van der Waals surface area contributed by atoms with Crippen LogP contribution in [0.2, 0.25) is 10.0 Å². The van der Waals surface area contributed by atoms with Crippen molar-refractivity contribution in [1.82, 2.24) is 5.32 Å². The van der Waals surface area contributed by atoms with Gasteiger partial charge in [0.2, 0.25) is 5.91 Å². The predicted molar refractivity (Wildman–Crippen MR) is 95.9 cm³/mol. The highest BCUT2D eigenvalue weighted by Gasteiger charge is 2.16. The molecule has 2 aromatic rings. The molecule has 1 aliphatic heterocycles. The van der Waals surface area contributed by atoms with Gasteiger partial charge in [0.15, 0.2) is 11.5 Å². The Bertz CT molecular complexity index is 767.